The molecule has 14 heavy (non-hydrogen) atoms. The Kier molecular flexibility index (Phi) is 4.04. The molecule has 0 saturated carbocycles. The highest BCUT2D eigenvalue weighted by Gasteiger charge is 2.19. The van der Waals surface area contributed by atoms with E-state index in [1.807, 2.05) is 0 Å². The van der Waals surface area contributed by atoms with E-state index in [2.05, 4.69) is 38.8 Å². The van der Waals surface area contributed by atoms with Crippen molar-refractivity contribution in [1.29, 1.82) is 0 Å². The maximum atomic E-state index is 13.5. The fraction of sp³-hybridized carbons (Fsp3) is 0.222. The second kappa shape index (κ2) is 4.68. The van der Waals surface area contributed by atoms with Crippen LogP contribution in [0.15, 0.2) is 8.95 Å². The summed E-state index contributed by atoms with van der Waals surface area (Å²) in [5.41, 5.74) is 0.138. The molecule has 1 aromatic rings. The molecule has 0 amide bonds. The standard InChI is InChI=1S/C9H7Br2F2O/c1-4-6(10)8(12)5(3-14-2)9(13)7(4)11/h1,3H2,2H3. The third-order valence-corrected chi connectivity index (χ3v) is 3.39. The van der Waals surface area contributed by atoms with Crippen LogP contribution in [0.1, 0.15) is 11.1 Å². The molecular weight excluding hydrogens is 322 g/mol. The van der Waals surface area contributed by atoms with Crippen molar-refractivity contribution >= 4 is 31.9 Å². The first-order valence-corrected chi connectivity index (χ1v) is 5.25. The molecule has 1 radical (unpaired) electrons. The minimum atomic E-state index is -0.669. The summed E-state index contributed by atoms with van der Waals surface area (Å²) in [6.07, 6.45) is 0. The molecule has 0 fully saturated rings. The predicted octanol–water partition coefficient (Wildman–Crippen LogP) is 3.82. The first kappa shape index (κ1) is 12.1. The molecule has 0 saturated heterocycles. The minimum Gasteiger partial charge on any atom is -0.380 e. The summed E-state index contributed by atoms with van der Waals surface area (Å²) >= 11 is 5.99. The second-order valence-electron chi connectivity index (χ2n) is 2.65. The molecule has 0 atom stereocenters. The molecule has 0 aromatic heterocycles. The van der Waals surface area contributed by atoms with E-state index in [1.54, 1.807) is 0 Å². The SMILES string of the molecule is [CH2]c1c(Br)c(F)c(COC)c(F)c1Br. The van der Waals surface area contributed by atoms with Crippen LogP contribution in [0.3, 0.4) is 0 Å². The summed E-state index contributed by atoms with van der Waals surface area (Å²) < 4.78 is 31.9. The Hall–Kier alpha value is -0.0000000000000000555. The molecule has 5 heteroatoms. The number of rotatable bonds is 2. The summed E-state index contributed by atoms with van der Waals surface area (Å²) in [7, 11) is 1.37. The van der Waals surface area contributed by atoms with Gasteiger partial charge in [0.25, 0.3) is 0 Å². The summed E-state index contributed by atoms with van der Waals surface area (Å²) in [5.74, 6) is -1.34. The molecule has 0 bridgehead atoms. The van der Waals surface area contributed by atoms with Crippen LogP contribution in [0, 0.1) is 18.6 Å². The Morgan fingerprint density at radius 1 is 1.21 bits per heavy atom. The van der Waals surface area contributed by atoms with E-state index in [-0.39, 0.29) is 26.7 Å². The summed E-state index contributed by atoms with van der Waals surface area (Å²) in [6, 6.07) is 0. The van der Waals surface area contributed by atoms with Gasteiger partial charge >= 0.3 is 0 Å². The van der Waals surface area contributed by atoms with Gasteiger partial charge in [0.15, 0.2) is 0 Å². The fourth-order valence-corrected chi connectivity index (χ4v) is 2.13. The normalized spacial score (nSPS) is 10.7. The topological polar surface area (TPSA) is 9.23 Å². The van der Waals surface area contributed by atoms with Crippen molar-refractivity contribution in [2.24, 2.45) is 0 Å². The maximum Gasteiger partial charge on any atom is 0.146 e. The van der Waals surface area contributed by atoms with E-state index in [9.17, 15) is 8.78 Å². The predicted molar refractivity (Wildman–Crippen MR) is 56.9 cm³/mol. The molecule has 0 aliphatic heterocycles. The van der Waals surface area contributed by atoms with Crippen LogP contribution in [-0.2, 0) is 11.3 Å². The Labute approximate surface area is 97.7 Å². The molecule has 77 valence electrons. The molecule has 0 N–H and O–H groups in total. The van der Waals surface area contributed by atoms with E-state index >= 15 is 0 Å². The average molecular weight is 329 g/mol. The highest BCUT2D eigenvalue weighted by Crippen LogP contribution is 2.33. The number of benzene rings is 1. The van der Waals surface area contributed by atoms with Gasteiger partial charge in [-0.2, -0.15) is 0 Å². The van der Waals surface area contributed by atoms with Crippen molar-refractivity contribution < 1.29 is 13.5 Å². The molecule has 0 aliphatic rings. The first-order valence-electron chi connectivity index (χ1n) is 3.66. The van der Waals surface area contributed by atoms with Crippen LogP contribution in [0.5, 0.6) is 0 Å². The van der Waals surface area contributed by atoms with Crippen molar-refractivity contribution in [2.75, 3.05) is 7.11 Å². The van der Waals surface area contributed by atoms with Gasteiger partial charge in [-0.25, -0.2) is 8.78 Å². The molecule has 1 aromatic carbocycles. The van der Waals surface area contributed by atoms with Gasteiger partial charge in [-0.3, -0.25) is 0 Å². The molecule has 0 spiro atoms. The van der Waals surface area contributed by atoms with Crippen molar-refractivity contribution in [2.45, 2.75) is 6.61 Å². The average Bonchev–Trinajstić information content (AvgIpc) is 2.19. The molecule has 1 nitrogen and oxygen atoms in total. The number of hydrogen-bond acceptors (Lipinski definition) is 1. The minimum absolute atomic E-state index is 0.112. The second-order valence-corrected chi connectivity index (χ2v) is 4.23. The van der Waals surface area contributed by atoms with E-state index < -0.39 is 11.6 Å². The molecule has 0 unspecified atom stereocenters. The summed E-state index contributed by atoms with van der Waals surface area (Å²) in [4.78, 5) is 0. The third-order valence-electron chi connectivity index (χ3n) is 1.73. The van der Waals surface area contributed by atoms with Gasteiger partial charge in [-0.15, -0.1) is 0 Å². The first-order chi connectivity index (χ1) is 6.50. The quantitative estimate of drug-likeness (QED) is 0.750. The van der Waals surface area contributed by atoms with Crippen molar-refractivity contribution in [3.8, 4) is 0 Å². The lowest BCUT2D eigenvalue weighted by Gasteiger charge is -2.10. The zero-order valence-corrected chi connectivity index (χ0v) is 10.5. The lowest BCUT2D eigenvalue weighted by Crippen LogP contribution is -2.02. The Balaban J connectivity index is 3.43. The monoisotopic (exact) mass is 327 g/mol. The van der Waals surface area contributed by atoms with Gasteiger partial charge in [-0.1, -0.05) is 0 Å². The van der Waals surface area contributed by atoms with Crippen LogP contribution in [0.2, 0.25) is 0 Å². The molecular formula is C9H7Br2F2O. The summed E-state index contributed by atoms with van der Waals surface area (Å²) in [5, 5.41) is 0. The van der Waals surface area contributed by atoms with Crippen molar-refractivity contribution in [1.82, 2.24) is 0 Å². The third kappa shape index (κ3) is 1.99. The lowest BCUT2D eigenvalue weighted by atomic mass is 10.1. The van der Waals surface area contributed by atoms with Gasteiger partial charge in [-0.05, 0) is 44.3 Å². The smallest absolute Gasteiger partial charge is 0.146 e. The van der Waals surface area contributed by atoms with Gasteiger partial charge in [0.1, 0.15) is 11.6 Å². The largest absolute Gasteiger partial charge is 0.380 e. The molecule has 1 rings (SSSR count). The summed E-state index contributed by atoms with van der Waals surface area (Å²) in [6.45, 7) is 3.41. The maximum absolute atomic E-state index is 13.5. The highest BCUT2D eigenvalue weighted by atomic mass is 79.9. The molecule has 0 aliphatic carbocycles. The van der Waals surface area contributed by atoms with Crippen LogP contribution in [0.25, 0.3) is 0 Å². The number of methoxy groups -OCH3 is 1. The lowest BCUT2D eigenvalue weighted by molar-refractivity contribution is 0.177. The zero-order valence-electron chi connectivity index (χ0n) is 7.33. The Morgan fingerprint density at radius 2 is 1.64 bits per heavy atom. The van der Waals surface area contributed by atoms with Crippen LogP contribution in [0.4, 0.5) is 8.78 Å². The van der Waals surface area contributed by atoms with Crippen molar-refractivity contribution in [3.05, 3.63) is 38.6 Å². The van der Waals surface area contributed by atoms with E-state index in [4.69, 9.17) is 4.74 Å². The number of hydrogen-bond donors (Lipinski definition) is 0. The fourth-order valence-electron chi connectivity index (χ4n) is 0.994. The van der Waals surface area contributed by atoms with Gasteiger partial charge in [0, 0.05) is 7.11 Å². The van der Waals surface area contributed by atoms with Crippen LogP contribution in [-0.4, -0.2) is 7.11 Å². The number of halogens is 4. The van der Waals surface area contributed by atoms with Gasteiger partial charge in [0.2, 0.25) is 0 Å². The zero-order chi connectivity index (χ0) is 10.9. The van der Waals surface area contributed by atoms with E-state index in [1.165, 1.54) is 7.11 Å². The van der Waals surface area contributed by atoms with Crippen LogP contribution >= 0.6 is 31.9 Å². The van der Waals surface area contributed by atoms with Gasteiger partial charge < -0.3 is 4.74 Å². The highest BCUT2D eigenvalue weighted by molar-refractivity contribution is 9.11. The van der Waals surface area contributed by atoms with Crippen molar-refractivity contribution in [3.63, 3.8) is 0 Å². The number of ether oxygens (including phenoxy) is 1. The molecule has 0 heterocycles. The van der Waals surface area contributed by atoms with Gasteiger partial charge in [0.05, 0.1) is 21.1 Å². The van der Waals surface area contributed by atoms with E-state index in [0.29, 0.717) is 0 Å². The Morgan fingerprint density at radius 3 is 2.00 bits per heavy atom. The van der Waals surface area contributed by atoms with Crippen LogP contribution < -0.4 is 0 Å². The Bertz CT molecular complexity index is 337. The van der Waals surface area contributed by atoms with E-state index in [0.717, 1.165) is 0 Å².